The molecule has 0 aliphatic rings. The lowest BCUT2D eigenvalue weighted by Gasteiger charge is -2.15. The average molecular weight is 490 g/mol. The fourth-order valence-electron chi connectivity index (χ4n) is 4.83. The standard InChI is InChI=1S/C33H31NO3/c1-6-36-32-23(5)33-28(29(19-37-33)26-14-13-24-9-7-8-10-25(24)17-26)18-27(32)22(4)16-31(35)34-30-15-20(2)11-12-21(30)3/h7-19H,6H2,1-5H3,(H,34,35)/b22-16+. The van der Waals surface area contributed by atoms with Gasteiger partial charge < -0.3 is 14.5 Å². The number of amides is 1. The van der Waals surface area contributed by atoms with Gasteiger partial charge in [0, 0.05) is 33.8 Å². The Kier molecular flexibility index (Phi) is 6.58. The van der Waals surface area contributed by atoms with Crippen molar-refractivity contribution in [3.05, 3.63) is 101 Å². The molecule has 1 aromatic heterocycles. The number of carbonyl (C=O) groups is 1. The summed E-state index contributed by atoms with van der Waals surface area (Å²) in [4.78, 5) is 13.0. The van der Waals surface area contributed by atoms with Crippen molar-refractivity contribution in [2.45, 2.75) is 34.6 Å². The van der Waals surface area contributed by atoms with Crippen LogP contribution >= 0.6 is 0 Å². The Morgan fingerprint density at radius 1 is 0.973 bits per heavy atom. The number of rotatable bonds is 6. The normalized spacial score (nSPS) is 11.8. The number of aryl methyl sites for hydroxylation is 3. The fourth-order valence-corrected chi connectivity index (χ4v) is 4.83. The number of fused-ring (bicyclic) bond motifs is 2. The van der Waals surface area contributed by atoms with Gasteiger partial charge in [-0.15, -0.1) is 0 Å². The van der Waals surface area contributed by atoms with Crippen molar-refractivity contribution in [2.75, 3.05) is 11.9 Å². The lowest BCUT2D eigenvalue weighted by molar-refractivity contribution is -0.111. The summed E-state index contributed by atoms with van der Waals surface area (Å²) in [5.41, 5.74) is 8.46. The predicted octanol–water partition coefficient (Wildman–Crippen LogP) is 8.62. The van der Waals surface area contributed by atoms with Crippen molar-refractivity contribution in [2.24, 2.45) is 0 Å². The summed E-state index contributed by atoms with van der Waals surface area (Å²) in [6.45, 7) is 10.4. The molecular formula is C33H31NO3. The zero-order valence-electron chi connectivity index (χ0n) is 21.9. The van der Waals surface area contributed by atoms with Crippen molar-refractivity contribution in [3.63, 3.8) is 0 Å². The Hall–Kier alpha value is -4.31. The maximum atomic E-state index is 13.0. The summed E-state index contributed by atoms with van der Waals surface area (Å²) >= 11 is 0. The lowest BCUT2D eigenvalue weighted by atomic mass is 9.95. The van der Waals surface area contributed by atoms with Crippen LogP contribution in [-0.2, 0) is 4.79 Å². The molecule has 4 aromatic carbocycles. The molecule has 0 atom stereocenters. The van der Waals surface area contributed by atoms with Crippen molar-refractivity contribution >= 4 is 38.9 Å². The number of allylic oxidation sites excluding steroid dienone is 1. The van der Waals surface area contributed by atoms with Crippen LogP contribution in [0.4, 0.5) is 5.69 Å². The van der Waals surface area contributed by atoms with Gasteiger partial charge in [0.05, 0.1) is 12.9 Å². The average Bonchev–Trinajstić information content (AvgIpc) is 3.32. The lowest BCUT2D eigenvalue weighted by Crippen LogP contribution is -2.10. The molecule has 1 N–H and O–H groups in total. The summed E-state index contributed by atoms with van der Waals surface area (Å²) in [6.07, 6.45) is 3.45. The number of benzene rings is 4. The predicted molar refractivity (Wildman–Crippen MR) is 153 cm³/mol. The Bertz CT molecular complexity index is 1670. The van der Waals surface area contributed by atoms with Crippen LogP contribution in [0.2, 0.25) is 0 Å². The third-order valence-electron chi connectivity index (χ3n) is 6.82. The van der Waals surface area contributed by atoms with E-state index in [1.165, 1.54) is 10.8 Å². The molecule has 5 aromatic rings. The van der Waals surface area contributed by atoms with Crippen LogP contribution in [0.25, 0.3) is 38.4 Å². The number of nitrogens with one attached hydrogen (secondary N) is 1. The van der Waals surface area contributed by atoms with Crippen molar-refractivity contribution in [1.82, 2.24) is 0 Å². The van der Waals surface area contributed by atoms with E-state index in [2.05, 4.69) is 41.7 Å². The van der Waals surface area contributed by atoms with Gasteiger partial charge in [-0.05, 0) is 85.9 Å². The number of carbonyl (C=O) groups excluding carboxylic acids is 1. The van der Waals surface area contributed by atoms with Gasteiger partial charge in [0.1, 0.15) is 11.3 Å². The highest BCUT2D eigenvalue weighted by atomic mass is 16.5. The Labute approximate surface area is 217 Å². The summed E-state index contributed by atoms with van der Waals surface area (Å²) in [5.74, 6) is 0.566. The largest absolute Gasteiger partial charge is 0.493 e. The van der Waals surface area contributed by atoms with Crippen molar-refractivity contribution in [1.29, 1.82) is 0 Å². The smallest absolute Gasteiger partial charge is 0.248 e. The Balaban J connectivity index is 1.59. The van der Waals surface area contributed by atoms with Gasteiger partial charge in [-0.2, -0.15) is 0 Å². The highest BCUT2D eigenvalue weighted by Gasteiger charge is 2.19. The first-order valence-corrected chi connectivity index (χ1v) is 12.6. The molecule has 5 rings (SSSR count). The number of ether oxygens (including phenoxy) is 1. The first kappa shape index (κ1) is 24.4. The molecule has 0 saturated carbocycles. The van der Waals surface area contributed by atoms with E-state index < -0.39 is 0 Å². The van der Waals surface area contributed by atoms with E-state index in [4.69, 9.17) is 9.15 Å². The second kappa shape index (κ2) is 9.98. The molecule has 1 amide bonds. The molecule has 4 nitrogen and oxygen atoms in total. The summed E-state index contributed by atoms with van der Waals surface area (Å²) in [6, 6.07) is 22.9. The van der Waals surface area contributed by atoms with Gasteiger partial charge in [-0.1, -0.05) is 48.5 Å². The fraction of sp³-hybridized carbons (Fsp3) is 0.182. The molecule has 0 unspecified atom stereocenters. The molecule has 0 bridgehead atoms. The molecule has 186 valence electrons. The molecular weight excluding hydrogens is 458 g/mol. The van der Waals surface area contributed by atoms with Gasteiger partial charge >= 0.3 is 0 Å². The zero-order chi connectivity index (χ0) is 26.1. The molecule has 0 aliphatic heterocycles. The van der Waals surface area contributed by atoms with E-state index in [0.717, 1.165) is 61.4 Å². The minimum Gasteiger partial charge on any atom is -0.493 e. The van der Waals surface area contributed by atoms with Gasteiger partial charge in [0.25, 0.3) is 0 Å². The zero-order valence-corrected chi connectivity index (χ0v) is 21.9. The molecule has 0 fully saturated rings. The number of anilines is 1. The van der Waals surface area contributed by atoms with E-state index in [-0.39, 0.29) is 5.91 Å². The topological polar surface area (TPSA) is 51.5 Å². The third-order valence-corrected chi connectivity index (χ3v) is 6.82. The van der Waals surface area contributed by atoms with Crippen LogP contribution < -0.4 is 10.1 Å². The van der Waals surface area contributed by atoms with Gasteiger partial charge in [-0.25, -0.2) is 0 Å². The minimum absolute atomic E-state index is 0.173. The molecule has 4 heteroatoms. The Morgan fingerprint density at radius 3 is 2.54 bits per heavy atom. The quantitative estimate of drug-likeness (QED) is 0.243. The van der Waals surface area contributed by atoms with Crippen LogP contribution in [0.5, 0.6) is 5.75 Å². The maximum Gasteiger partial charge on any atom is 0.248 e. The first-order valence-electron chi connectivity index (χ1n) is 12.6. The highest BCUT2D eigenvalue weighted by Crippen LogP contribution is 2.41. The van der Waals surface area contributed by atoms with E-state index in [1.807, 2.05) is 71.2 Å². The van der Waals surface area contributed by atoms with Crippen LogP contribution in [0.15, 0.2) is 83.5 Å². The van der Waals surface area contributed by atoms with Crippen molar-refractivity contribution in [3.8, 4) is 16.9 Å². The van der Waals surface area contributed by atoms with Gasteiger partial charge in [0.15, 0.2) is 0 Å². The summed E-state index contributed by atoms with van der Waals surface area (Å²) in [7, 11) is 0. The van der Waals surface area contributed by atoms with Gasteiger partial charge in [-0.3, -0.25) is 4.79 Å². The molecule has 37 heavy (non-hydrogen) atoms. The molecule has 1 heterocycles. The van der Waals surface area contributed by atoms with Crippen LogP contribution in [0.1, 0.15) is 36.1 Å². The van der Waals surface area contributed by atoms with Gasteiger partial charge in [0.2, 0.25) is 5.91 Å². The number of hydrogen-bond acceptors (Lipinski definition) is 3. The Morgan fingerprint density at radius 2 is 1.76 bits per heavy atom. The number of furan rings is 1. The van der Waals surface area contributed by atoms with E-state index >= 15 is 0 Å². The second-order valence-corrected chi connectivity index (χ2v) is 9.53. The molecule has 0 radical (unpaired) electrons. The van der Waals surface area contributed by atoms with Crippen LogP contribution in [0, 0.1) is 20.8 Å². The SMILES string of the molecule is CCOc1c(/C(C)=C/C(=O)Nc2cc(C)ccc2C)cc2c(-c3ccc4ccccc4c3)coc2c1C. The third kappa shape index (κ3) is 4.75. The van der Waals surface area contributed by atoms with E-state index in [1.54, 1.807) is 6.08 Å². The van der Waals surface area contributed by atoms with E-state index in [0.29, 0.717) is 6.61 Å². The molecule has 0 aliphatic carbocycles. The monoisotopic (exact) mass is 489 g/mol. The summed E-state index contributed by atoms with van der Waals surface area (Å²) < 4.78 is 12.1. The second-order valence-electron chi connectivity index (χ2n) is 9.53. The molecule has 0 saturated heterocycles. The maximum absolute atomic E-state index is 13.0. The van der Waals surface area contributed by atoms with Crippen LogP contribution in [-0.4, -0.2) is 12.5 Å². The van der Waals surface area contributed by atoms with Crippen molar-refractivity contribution < 1.29 is 13.9 Å². The minimum atomic E-state index is -0.173. The number of hydrogen-bond donors (Lipinski definition) is 1. The highest BCUT2D eigenvalue weighted by molar-refractivity contribution is 6.06. The summed E-state index contributed by atoms with van der Waals surface area (Å²) in [5, 5.41) is 6.40. The van der Waals surface area contributed by atoms with Crippen LogP contribution in [0.3, 0.4) is 0 Å². The molecule has 0 spiro atoms. The first-order chi connectivity index (χ1) is 17.9. The van der Waals surface area contributed by atoms with E-state index in [9.17, 15) is 4.79 Å².